The van der Waals surface area contributed by atoms with E-state index in [0.29, 0.717) is 31.8 Å². The highest BCUT2D eigenvalue weighted by Gasteiger charge is 2.36. The lowest BCUT2D eigenvalue weighted by Crippen LogP contribution is -2.48. The lowest BCUT2D eigenvalue weighted by molar-refractivity contribution is -0.149. The van der Waals surface area contributed by atoms with Crippen molar-refractivity contribution in [1.82, 2.24) is 25.1 Å². The average molecular weight is 357 g/mol. The van der Waals surface area contributed by atoms with Crippen LogP contribution < -0.4 is 0 Å². The molecule has 1 saturated heterocycles. The van der Waals surface area contributed by atoms with Crippen molar-refractivity contribution < 1.29 is 14.7 Å². The van der Waals surface area contributed by atoms with Crippen LogP contribution in [-0.4, -0.2) is 55.2 Å². The molecule has 1 fully saturated rings. The molecule has 3 rings (SSSR count). The third-order valence-corrected chi connectivity index (χ3v) is 5.04. The van der Waals surface area contributed by atoms with Gasteiger partial charge in [-0.1, -0.05) is 37.3 Å². The number of hydrogen-bond acceptors (Lipinski definition) is 5. The smallest absolute Gasteiger partial charge is 0.306 e. The van der Waals surface area contributed by atoms with Gasteiger partial charge in [-0.3, -0.25) is 9.59 Å². The summed E-state index contributed by atoms with van der Waals surface area (Å²) in [6.07, 6.45) is 0.952. The molecule has 1 aromatic heterocycles. The molecule has 1 N–H and O–H groups in total. The molecule has 1 aliphatic heterocycles. The number of rotatable bonds is 5. The molecule has 1 aromatic carbocycles. The molecule has 8 heteroatoms. The first-order valence-corrected chi connectivity index (χ1v) is 8.77. The van der Waals surface area contributed by atoms with Crippen molar-refractivity contribution in [2.75, 3.05) is 13.1 Å². The number of amides is 1. The molecule has 0 radical (unpaired) electrons. The summed E-state index contributed by atoms with van der Waals surface area (Å²) in [6, 6.07) is 9.20. The van der Waals surface area contributed by atoms with Gasteiger partial charge in [-0.15, -0.1) is 5.10 Å². The first-order chi connectivity index (χ1) is 12.5. The zero-order valence-corrected chi connectivity index (χ0v) is 14.9. The maximum Gasteiger partial charge on any atom is 0.306 e. The summed E-state index contributed by atoms with van der Waals surface area (Å²) in [5.74, 6) is -0.770. The summed E-state index contributed by atoms with van der Waals surface area (Å²) in [4.78, 5) is 26.3. The topological polar surface area (TPSA) is 101 Å². The maximum absolute atomic E-state index is 13.2. The van der Waals surface area contributed by atoms with Crippen LogP contribution in [0, 0.1) is 18.8 Å². The van der Waals surface area contributed by atoms with E-state index in [4.69, 9.17) is 0 Å². The molecule has 8 nitrogen and oxygen atoms in total. The van der Waals surface area contributed by atoms with E-state index in [1.165, 1.54) is 0 Å². The summed E-state index contributed by atoms with van der Waals surface area (Å²) < 4.78 is 1.56. The lowest BCUT2D eigenvalue weighted by Gasteiger charge is -2.36. The van der Waals surface area contributed by atoms with Gasteiger partial charge in [0.2, 0.25) is 5.91 Å². The first kappa shape index (κ1) is 18.0. The van der Waals surface area contributed by atoms with Crippen molar-refractivity contribution >= 4 is 11.9 Å². The Labute approximate surface area is 151 Å². The number of likely N-dealkylation sites (tertiary alicyclic amines) is 1. The van der Waals surface area contributed by atoms with Crippen LogP contribution in [0.2, 0.25) is 0 Å². The van der Waals surface area contributed by atoms with Crippen molar-refractivity contribution in [3.05, 3.63) is 41.7 Å². The number of carboxylic acids is 1. The third-order valence-electron chi connectivity index (χ3n) is 5.04. The molecule has 1 amide bonds. The SMILES string of the molecule is Cc1nnnn1C(Cc1ccccc1)C(=O)N1CCC(C(=O)O)C(C)C1. The Bertz CT molecular complexity index is 776. The van der Waals surface area contributed by atoms with Gasteiger partial charge in [0.15, 0.2) is 0 Å². The minimum absolute atomic E-state index is 0.0695. The Kier molecular flexibility index (Phi) is 5.29. The summed E-state index contributed by atoms with van der Waals surface area (Å²) in [5, 5.41) is 20.9. The molecule has 3 unspecified atom stereocenters. The molecule has 3 atom stereocenters. The molecular formula is C18H23N5O3. The second-order valence-corrected chi connectivity index (χ2v) is 6.87. The monoisotopic (exact) mass is 357 g/mol. The number of piperidine rings is 1. The van der Waals surface area contributed by atoms with Gasteiger partial charge in [0.25, 0.3) is 0 Å². The van der Waals surface area contributed by atoms with Gasteiger partial charge in [0.05, 0.1) is 5.92 Å². The Morgan fingerprint density at radius 3 is 2.62 bits per heavy atom. The molecule has 0 aliphatic carbocycles. The van der Waals surface area contributed by atoms with Crippen LogP contribution in [0.1, 0.15) is 30.8 Å². The van der Waals surface area contributed by atoms with Crippen molar-refractivity contribution in [2.45, 2.75) is 32.7 Å². The first-order valence-electron chi connectivity index (χ1n) is 8.77. The lowest BCUT2D eigenvalue weighted by atomic mass is 9.86. The van der Waals surface area contributed by atoms with Gasteiger partial charge >= 0.3 is 5.97 Å². The summed E-state index contributed by atoms with van der Waals surface area (Å²) in [5.41, 5.74) is 1.02. The number of benzene rings is 1. The maximum atomic E-state index is 13.2. The quantitative estimate of drug-likeness (QED) is 0.866. The number of tetrazole rings is 1. The van der Waals surface area contributed by atoms with Gasteiger partial charge in [-0.25, -0.2) is 4.68 Å². The number of carbonyl (C=O) groups excluding carboxylic acids is 1. The molecular weight excluding hydrogens is 334 g/mol. The summed E-state index contributed by atoms with van der Waals surface area (Å²) >= 11 is 0. The van der Waals surface area contributed by atoms with Crippen LogP contribution in [0.3, 0.4) is 0 Å². The van der Waals surface area contributed by atoms with Crippen LogP contribution in [0.5, 0.6) is 0 Å². The highest BCUT2D eigenvalue weighted by Crippen LogP contribution is 2.26. The molecule has 1 aliphatic rings. The normalized spacial score (nSPS) is 21.4. The average Bonchev–Trinajstić information content (AvgIpc) is 3.05. The van der Waals surface area contributed by atoms with Gasteiger partial charge in [0, 0.05) is 19.5 Å². The van der Waals surface area contributed by atoms with E-state index in [2.05, 4.69) is 15.5 Å². The highest BCUT2D eigenvalue weighted by molar-refractivity contribution is 5.81. The van der Waals surface area contributed by atoms with Crippen LogP contribution in [0.15, 0.2) is 30.3 Å². The molecule has 26 heavy (non-hydrogen) atoms. The van der Waals surface area contributed by atoms with E-state index in [-0.39, 0.29) is 11.8 Å². The zero-order chi connectivity index (χ0) is 18.7. The number of carboxylic acid groups (broad SMARTS) is 1. The van der Waals surface area contributed by atoms with E-state index < -0.39 is 17.9 Å². The fourth-order valence-electron chi connectivity index (χ4n) is 3.57. The van der Waals surface area contributed by atoms with E-state index in [0.717, 1.165) is 5.56 Å². The molecule has 2 aromatic rings. The number of hydrogen-bond donors (Lipinski definition) is 1. The van der Waals surface area contributed by atoms with E-state index in [1.807, 2.05) is 37.3 Å². The molecule has 0 spiro atoms. The van der Waals surface area contributed by atoms with Crippen molar-refractivity contribution in [3.63, 3.8) is 0 Å². The van der Waals surface area contributed by atoms with Crippen LogP contribution in [0.4, 0.5) is 0 Å². The Hall–Kier alpha value is -2.77. The third kappa shape index (κ3) is 3.74. The largest absolute Gasteiger partial charge is 0.481 e. The van der Waals surface area contributed by atoms with Crippen molar-refractivity contribution in [3.8, 4) is 0 Å². The van der Waals surface area contributed by atoms with Crippen LogP contribution >= 0.6 is 0 Å². The Balaban J connectivity index is 1.82. The van der Waals surface area contributed by atoms with Crippen molar-refractivity contribution in [2.24, 2.45) is 11.8 Å². The second-order valence-electron chi connectivity index (χ2n) is 6.87. The van der Waals surface area contributed by atoms with E-state index in [1.54, 1.807) is 16.5 Å². The fraction of sp³-hybridized carbons (Fsp3) is 0.500. The van der Waals surface area contributed by atoms with Crippen molar-refractivity contribution in [1.29, 1.82) is 0 Å². The molecule has 0 saturated carbocycles. The Morgan fingerprint density at radius 1 is 1.31 bits per heavy atom. The van der Waals surface area contributed by atoms with Gasteiger partial charge < -0.3 is 10.0 Å². The van der Waals surface area contributed by atoms with Gasteiger partial charge in [0.1, 0.15) is 11.9 Å². The van der Waals surface area contributed by atoms with E-state index in [9.17, 15) is 14.7 Å². The summed E-state index contributed by atoms with van der Waals surface area (Å²) in [7, 11) is 0. The summed E-state index contributed by atoms with van der Waals surface area (Å²) in [6.45, 7) is 4.52. The second kappa shape index (κ2) is 7.63. The molecule has 2 heterocycles. The minimum atomic E-state index is -0.790. The number of aryl methyl sites for hydroxylation is 1. The predicted molar refractivity (Wildman–Crippen MR) is 93.2 cm³/mol. The Morgan fingerprint density at radius 2 is 2.04 bits per heavy atom. The number of nitrogens with zero attached hydrogens (tertiary/aromatic N) is 5. The van der Waals surface area contributed by atoms with Gasteiger partial charge in [-0.05, 0) is 35.3 Å². The number of aromatic nitrogens is 4. The standard InChI is InChI=1S/C18H23N5O3/c1-12-11-22(9-8-15(12)18(25)26)17(24)16(23-13(2)19-20-21-23)10-14-6-4-3-5-7-14/h3-7,12,15-16H,8-11H2,1-2H3,(H,25,26). The number of carbonyl (C=O) groups is 2. The molecule has 138 valence electrons. The van der Waals surface area contributed by atoms with E-state index >= 15 is 0 Å². The minimum Gasteiger partial charge on any atom is -0.481 e. The fourth-order valence-corrected chi connectivity index (χ4v) is 3.57. The zero-order valence-electron chi connectivity index (χ0n) is 14.9. The van der Waals surface area contributed by atoms with Crippen LogP contribution in [0.25, 0.3) is 0 Å². The van der Waals surface area contributed by atoms with Gasteiger partial charge in [-0.2, -0.15) is 0 Å². The predicted octanol–water partition coefficient (Wildman–Crippen LogP) is 1.33. The van der Waals surface area contributed by atoms with Crippen LogP contribution in [-0.2, 0) is 16.0 Å². The number of aliphatic carboxylic acids is 1. The highest BCUT2D eigenvalue weighted by atomic mass is 16.4. The molecule has 0 bridgehead atoms.